The Hall–Kier alpha value is -2.60. The SMILES string of the molecule is CC(C)OCCC(=O)Cc1cc2cc(-c3cncn3C)ncc2cn1. The zero-order valence-corrected chi connectivity index (χ0v) is 14.8. The van der Waals surface area contributed by atoms with Gasteiger partial charge >= 0.3 is 0 Å². The lowest BCUT2D eigenvalue weighted by Crippen LogP contribution is -2.11. The van der Waals surface area contributed by atoms with E-state index in [4.69, 9.17) is 4.74 Å². The van der Waals surface area contributed by atoms with Gasteiger partial charge in [0.15, 0.2) is 0 Å². The molecular formula is C19H22N4O2. The van der Waals surface area contributed by atoms with Gasteiger partial charge in [-0.1, -0.05) is 0 Å². The highest BCUT2D eigenvalue weighted by Gasteiger charge is 2.09. The summed E-state index contributed by atoms with van der Waals surface area (Å²) in [7, 11) is 1.93. The molecular weight excluding hydrogens is 316 g/mol. The third-order valence-electron chi connectivity index (χ3n) is 3.95. The zero-order chi connectivity index (χ0) is 17.8. The average Bonchev–Trinajstić information content (AvgIpc) is 3.00. The van der Waals surface area contributed by atoms with Crippen LogP contribution in [0.4, 0.5) is 0 Å². The number of pyridine rings is 2. The quantitative estimate of drug-likeness (QED) is 0.662. The van der Waals surface area contributed by atoms with Crippen molar-refractivity contribution >= 4 is 16.6 Å². The van der Waals surface area contributed by atoms with E-state index in [0.717, 1.165) is 27.9 Å². The number of aromatic nitrogens is 4. The van der Waals surface area contributed by atoms with Crippen LogP contribution < -0.4 is 0 Å². The summed E-state index contributed by atoms with van der Waals surface area (Å²) in [4.78, 5) is 25.1. The van der Waals surface area contributed by atoms with Crippen LogP contribution in [0.1, 0.15) is 26.0 Å². The molecule has 3 aromatic rings. The highest BCUT2D eigenvalue weighted by Crippen LogP contribution is 2.21. The molecule has 0 aliphatic rings. The predicted octanol–water partition coefficient (Wildman–Crippen LogP) is 2.96. The molecule has 130 valence electrons. The van der Waals surface area contributed by atoms with Gasteiger partial charge in [0.1, 0.15) is 5.78 Å². The second-order valence-electron chi connectivity index (χ2n) is 6.37. The molecule has 0 aliphatic carbocycles. The summed E-state index contributed by atoms with van der Waals surface area (Å²) in [5.41, 5.74) is 2.56. The first-order valence-electron chi connectivity index (χ1n) is 8.37. The van der Waals surface area contributed by atoms with Crippen LogP contribution in [0.15, 0.2) is 37.1 Å². The zero-order valence-electron chi connectivity index (χ0n) is 14.8. The van der Waals surface area contributed by atoms with Gasteiger partial charge in [-0.3, -0.25) is 14.8 Å². The second-order valence-corrected chi connectivity index (χ2v) is 6.37. The highest BCUT2D eigenvalue weighted by molar-refractivity contribution is 5.86. The third-order valence-corrected chi connectivity index (χ3v) is 3.95. The largest absolute Gasteiger partial charge is 0.378 e. The molecule has 25 heavy (non-hydrogen) atoms. The normalized spacial score (nSPS) is 11.4. The van der Waals surface area contributed by atoms with Crippen molar-refractivity contribution in [3.05, 3.63) is 42.7 Å². The number of hydrogen-bond acceptors (Lipinski definition) is 5. The molecule has 6 heteroatoms. The Morgan fingerprint density at radius 3 is 2.68 bits per heavy atom. The molecule has 0 spiro atoms. The van der Waals surface area contributed by atoms with Crippen molar-refractivity contribution in [3.63, 3.8) is 0 Å². The molecule has 0 atom stereocenters. The highest BCUT2D eigenvalue weighted by atomic mass is 16.5. The molecule has 0 bridgehead atoms. The van der Waals surface area contributed by atoms with Crippen LogP contribution in [-0.2, 0) is 23.0 Å². The van der Waals surface area contributed by atoms with Crippen molar-refractivity contribution in [1.82, 2.24) is 19.5 Å². The fourth-order valence-electron chi connectivity index (χ4n) is 2.62. The topological polar surface area (TPSA) is 69.9 Å². The summed E-state index contributed by atoms with van der Waals surface area (Å²) in [5.74, 6) is 0.133. The minimum Gasteiger partial charge on any atom is -0.378 e. The van der Waals surface area contributed by atoms with E-state index in [-0.39, 0.29) is 11.9 Å². The summed E-state index contributed by atoms with van der Waals surface area (Å²) in [5, 5.41) is 1.97. The van der Waals surface area contributed by atoms with E-state index < -0.39 is 0 Å². The van der Waals surface area contributed by atoms with Crippen LogP contribution in [0.5, 0.6) is 0 Å². The molecule has 6 nitrogen and oxygen atoms in total. The number of fused-ring (bicyclic) bond motifs is 1. The first-order chi connectivity index (χ1) is 12.0. The maximum absolute atomic E-state index is 12.1. The van der Waals surface area contributed by atoms with Crippen molar-refractivity contribution in [2.45, 2.75) is 32.8 Å². The number of ketones is 1. The number of Topliss-reactive ketones (excluding diaryl/α,β-unsaturated/α-hetero) is 1. The molecule has 0 N–H and O–H groups in total. The van der Waals surface area contributed by atoms with Gasteiger partial charge in [0.05, 0.1) is 36.6 Å². The Bertz CT molecular complexity index is 886. The van der Waals surface area contributed by atoms with Gasteiger partial charge in [-0.2, -0.15) is 0 Å². The van der Waals surface area contributed by atoms with Gasteiger partial charge < -0.3 is 9.30 Å². The number of ether oxygens (including phenoxy) is 1. The maximum atomic E-state index is 12.1. The summed E-state index contributed by atoms with van der Waals surface area (Å²) >= 11 is 0. The van der Waals surface area contributed by atoms with Crippen LogP contribution in [0.2, 0.25) is 0 Å². The van der Waals surface area contributed by atoms with E-state index in [1.807, 2.05) is 37.6 Å². The van der Waals surface area contributed by atoms with Gasteiger partial charge in [-0.15, -0.1) is 0 Å². The molecule has 0 fully saturated rings. The van der Waals surface area contributed by atoms with Crippen LogP contribution in [0.3, 0.4) is 0 Å². The molecule has 0 radical (unpaired) electrons. The molecule has 0 aromatic carbocycles. The minimum absolute atomic E-state index is 0.133. The Kier molecular flexibility index (Phi) is 5.19. The van der Waals surface area contributed by atoms with E-state index in [1.165, 1.54) is 0 Å². The molecule has 0 saturated carbocycles. The van der Waals surface area contributed by atoms with Gasteiger partial charge in [-0.25, -0.2) is 4.98 Å². The predicted molar refractivity (Wildman–Crippen MR) is 96.2 cm³/mol. The first kappa shape index (κ1) is 17.2. The monoisotopic (exact) mass is 338 g/mol. The summed E-state index contributed by atoms with van der Waals surface area (Å²) in [6.45, 7) is 4.38. The molecule has 0 amide bonds. The Morgan fingerprint density at radius 2 is 1.96 bits per heavy atom. The molecule has 3 rings (SSSR count). The van der Waals surface area contributed by atoms with Crippen LogP contribution in [0.25, 0.3) is 22.2 Å². The maximum Gasteiger partial charge on any atom is 0.141 e. The lowest BCUT2D eigenvalue weighted by molar-refractivity contribution is -0.119. The molecule has 3 heterocycles. The fourth-order valence-corrected chi connectivity index (χ4v) is 2.62. The summed E-state index contributed by atoms with van der Waals surface area (Å²) in [6, 6.07) is 3.96. The van der Waals surface area contributed by atoms with Crippen LogP contribution >= 0.6 is 0 Å². The van der Waals surface area contributed by atoms with Crippen LogP contribution in [0, 0.1) is 0 Å². The lowest BCUT2D eigenvalue weighted by atomic mass is 10.1. The van der Waals surface area contributed by atoms with E-state index in [2.05, 4.69) is 15.0 Å². The minimum atomic E-state index is 0.133. The Labute approximate surface area is 146 Å². The lowest BCUT2D eigenvalue weighted by Gasteiger charge is -2.07. The Morgan fingerprint density at radius 1 is 1.16 bits per heavy atom. The van der Waals surface area contributed by atoms with Gasteiger partial charge in [-0.05, 0) is 31.4 Å². The van der Waals surface area contributed by atoms with Crippen molar-refractivity contribution < 1.29 is 9.53 Å². The van der Waals surface area contributed by atoms with E-state index >= 15 is 0 Å². The second kappa shape index (κ2) is 7.53. The third kappa shape index (κ3) is 4.28. The van der Waals surface area contributed by atoms with Gasteiger partial charge in [0, 0.05) is 43.4 Å². The Balaban J connectivity index is 1.77. The molecule has 0 unspecified atom stereocenters. The van der Waals surface area contributed by atoms with E-state index in [0.29, 0.717) is 19.4 Å². The summed E-state index contributed by atoms with van der Waals surface area (Å²) in [6.07, 6.45) is 7.97. The molecule has 0 aliphatic heterocycles. The number of imidazole rings is 1. The number of nitrogens with zero attached hydrogens (tertiary/aromatic N) is 4. The number of carbonyl (C=O) groups excluding carboxylic acids is 1. The van der Waals surface area contributed by atoms with Gasteiger partial charge in [0.2, 0.25) is 0 Å². The number of hydrogen-bond donors (Lipinski definition) is 0. The molecule has 3 aromatic heterocycles. The van der Waals surface area contributed by atoms with Gasteiger partial charge in [0.25, 0.3) is 0 Å². The standard InChI is InChI=1S/C19H22N4O2/c1-13(2)25-5-4-17(24)8-16-6-14-7-18(19-11-20-12-23(19)3)22-10-15(14)9-21-16/h6-7,9-13H,4-5,8H2,1-3H3. The van der Waals surface area contributed by atoms with Crippen molar-refractivity contribution in [3.8, 4) is 11.4 Å². The van der Waals surface area contributed by atoms with Crippen molar-refractivity contribution in [2.24, 2.45) is 7.05 Å². The van der Waals surface area contributed by atoms with Crippen molar-refractivity contribution in [2.75, 3.05) is 6.61 Å². The first-order valence-corrected chi connectivity index (χ1v) is 8.37. The number of rotatable bonds is 7. The smallest absolute Gasteiger partial charge is 0.141 e. The van der Waals surface area contributed by atoms with E-state index in [9.17, 15) is 4.79 Å². The summed E-state index contributed by atoms with van der Waals surface area (Å²) < 4.78 is 7.36. The van der Waals surface area contributed by atoms with Crippen LogP contribution in [-0.4, -0.2) is 38.0 Å². The average molecular weight is 338 g/mol. The van der Waals surface area contributed by atoms with Crippen molar-refractivity contribution in [1.29, 1.82) is 0 Å². The fraction of sp³-hybridized carbons (Fsp3) is 0.368. The number of carbonyl (C=O) groups is 1. The molecule has 0 saturated heterocycles. The number of aryl methyl sites for hydroxylation is 1. The van der Waals surface area contributed by atoms with E-state index in [1.54, 1.807) is 24.9 Å².